The highest BCUT2D eigenvalue weighted by Gasteiger charge is 2.24. The van der Waals surface area contributed by atoms with Crippen molar-refractivity contribution in [1.82, 2.24) is 0 Å². The van der Waals surface area contributed by atoms with Crippen molar-refractivity contribution in [1.29, 1.82) is 0 Å². The molecule has 0 aliphatic heterocycles. The summed E-state index contributed by atoms with van der Waals surface area (Å²) in [5.74, 6) is 0. The highest BCUT2D eigenvalue weighted by Crippen LogP contribution is 2.23. The number of nitrogens with two attached hydrogens (primary N) is 1. The summed E-state index contributed by atoms with van der Waals surface area (Å²) in [7, 11) is -3.53. The standard InChI is InChI=1S/C13H12NO2S/c14-13(11-7-3-1-4-8-11)17(15,16)12-9-5-2-6-10-12/h2-10,13H,14H2. The number of rotatable bonds is 3. The Morgan fingerprint density at radius 3 is 2.18 bits per heavy atom. The van der Waals surface area contributed by atoms with Gasteiger partial charge in [0, 0.05) is 0 Å². The summed E-state index contributed by atoms with van der Waals surface area (Å²) >= 11 is 0. The van der Waals surface area contributed by atoms with Crippen LogP contribution in [-0.2, 0) is 9.84 Å². The maximum atomic E-state index is 12.2. The third kappa shape index (κ3) is 2.38. The average Bonchev–Trinajstić information content (AvgIpc) is 2.40. The normalized spacial score (nSPS) is 13.2. The summed E-state index contributed by atoms with van der Waals surface area (Å²) in [5, 5.41) is -1.04. The summed E-state index contributed by atoms with van der Waals surface area (Å²) < 4.78 is 24.4. The molecule has 1 radical (unpaired) electrons. The van der Waals surface area contributed by atoms with Gasteiger partial charge in [-0.05, 0) is 23.8 Å². The Morgan fingerprint density at radius 1 is 1.00 bits per heavy atom. The zero-order chi connectivity index (χ0) is 12.3. The molecule has 0 fully saturated rings. The second-order valence-electron chi connectivity index (χ2n) is 3.61. The minimum absolute atomic E-state index is 0.236. The second kappa shape index (κ2) is 4.69. The Kier molecular flexibility index (Phi) is 3.26. The molecular weight excluding hydrogens is 234 g/mol. The van der Waals surface area contributed by atoms with Gasteiger partial charge in [0.05, 0.1) is 4.90 Å². The average molecular weight is 246 g/mol. The molecule has 1 unspecified atom stereocenters. The van der Waals surface area contributed by atoms with Crippen molar-refractivity contribution in [2.75, 3.05) is 0 Å². The molecule has 2 rings (SSSR count). The van der Waals surface area contributed by atoms with Crippen LogP contribution in [0.15, 0.2) is 59.5 Å². The van der Waals surface area contributed by atoms with Gasteiger partial charge in [-0.3, -0.25) is 0 Å². The monoisotopic (exact) mass is 246 g/mol. The zero-order valence-corrected chi connectivity index (χ0v) is 9.89. The summed E-state index contributed by atoms with van der Waals surface area (Å²) in [4.78, 5) is 0.236. The van der Waals surface area contributed by atoms with Crippen LogP contribution in [-0.4, -0.2) is 8.42 Å². The number of hydrogen-bond acceptors (Lipinski definition) is 3. The summed E-state index contributed by atoms with van der Waals surface area (Å²) in [6.07, 6.45) is 0. The van der Waals surface area contributed by atoms with Crippen molar-refractivity contribution in [2.45, 2.75) is 10.3 Å². The SMILES string of the molecule is NC(c1cc[c]cc1)S(=O)(=O)c1ccccc1. The topological polar surface area (TPSA) is 60.2 Å². The summed E-state index contributed by atoms with van der Waals surface area (Å²) in [6.45, 7) is 0. The second-order valence-corrected chi connectivity index (χ2v) is 5.68. The lowest BCUT2D eigenvalue weighted by Gasteiger charge is -2.13. The third-order valence-corrected chi connectivity index (χ3v) is 4.35. The van der Waals surface area contributed by atoms with Crippen LogP contribution in [0.1, 0.15) is 10.9 Å². The lowest BCUT2D eigenvalue weighted by molar-refractivity contribution is 0.583. The van der Waals surface area contributed by atoms with Gasteiger partial charge in [-0.15, -0.1) is 0 Å². The first-order valence-corrected chi connectivity index (χ1v) is 6.67. The molecule has 0 aliphatic rings. The lowest BCUT2D eigenvalue weighted by atomic mass is 10.2. The quantitative estimate of drug-likeness (QED) is 0.900. The van der Waals surface area contributed by atoms with E-state index in [1.807, 2.05) is 0 Å². The molecule has 2 N–H and O–H groups in total. The van der Waals surface area contributed by atoms with Gasteiger partial charge in [-0.1, -0.05) is 42.5 Å². The van der Waals surface area contributed by atoms with E-state index in [0.29, 0.717) is 5.56 Å². The third-order valence-electron chi connectivity index (χ3n) is 2.48. The van der Waals surface area contributed by atoms with Gasteiger partial charge in [0.25, 0.3) is 0 Å². The number of sulfone groups is 1. The van der Waals surface area contributed by atoms with E-state index in [2.05, 4.69) is 6.07 Å². The Hall–Kier alpha value is -1.65. The highest BCUT2D eigenvalue weighted by atomic mass is 32.2. The highest BCUT2D eigenvalue weighted by molar-refractivity contribution is 7.91. The molecule has 17 heavy (non-hydrogen) atoms. The van der Waals surface area contributed by atoms with E-state index in [-0.39, 0.29) is 4.90 Å². The molecule has 0 amide bonds. The number of hydrogen-bond donors (Lipinski definition) is 1. The molecule has 2 aromatic carbocycles. The molecule has 2 aromatic rings. The van der Waals surface area contributed by atoms with Crippen molar-refractivity contribution in [2.24, 2.45) is 5.73 Å². The molecular formula is C13H12NO2S. The van der Waals surface area contributed by atoms with Crippen molar-refractivity contribution in [3.8, 4) is 0 Å². The van der Waals surface area contributed by atoms with E-state index in [1.165, 1.54) is 0 Å². The Balaban J connectivity index is 2.41. The van der Waals surface area contributed by atoms with Gasteiger partial charge >= 0.3 is 0 Å². The number of benzene rings is 2. The molecule has 0 saturated heterocycles. The van der Waals surface area contributed by atoms with E-state index in [1.54, 1.807) is 54.6 Å². The largest absolute Gasteiger partial charge is 0.311 e. The smallest absolute Gasteiger partial charge is 0.198 e. The minimum Gasteiger partial charge on any atom is -0.311 e. The van der Waals surface area contributed by atoms with Crippen LogP contribution in [0.5, 0.6) is 0 Å². The fourth-order valence-electron chi connectivity index (χ4n) is 1.53. The fraction of sp³-hybridized carbons (Fsp3) is 0.0769. The summed E-state index contributed by atoms with van der Waals surface area (Å²) in [6, 6.07) is 17.7. The molecule has 87 valence electrons. The maximum absolute atomic E-state index is 12.2. The molecule has 4 heteroatoms. The van der Waals surface area contributed by atoms with Crippen LogP contribution in [0.25, 0.3) is 0 Å². The van der Waals surface area contributed by atoms with Crippen molar-refractivity contribution in [3.63, 3.8) is 0 Å². The molecule has 0 heterocycles. The van der Waals surface area contributed by atoms with Crippen LogP contribution in [0.2, 0.25) is 0 Å². The Labute approximate surface area is 101 Å². The molecule has 1 atom stereocenters. The van der Waals surface area contributed by atoms with Crippen molar-refractivity contribution in [3.05, 3.63) is 66.2 Å². The Morgan fingerprint density at radius 2 is 1.59 bits per heavy atom. The molecule has 3 nitrogen and oxygen atoms in total. The van der Waals surface area contributed by atoms with E-state index in [0.717, 1.165) is 0 Å². The van der Waals surface area contributed by atoms with Gasteiger partial charge in [-0.25, -0.2) is 8.42 Å². The van der Waals surface area contributed by atoms with Crippen LogP contribution in [0.4, 0.5) is 0 Å². The van der Waals surface area contributed by atoms with Crippen LogP contribution < -0.4 is 5.73 Å². The van der Waals surface area contributed by atoms with E-state index in [4.69, 9.17) is 5.73 Å². The predicted molar refractivity (Wildman–Crippen MR) is 65.8 cm³/mol. The molecule has 0 aromatic heterocycles. The van der Waals surface area contributed by atoms with Crippen LogP contribution >= 0.6 is 0 Å². The van der Waals surface area contributed by atoms with Crippen LogP contribution in [0.3, 0.4) is 0 Å². The van der Waals surface area contributed by atoms with E-state index in [9.17, 15) is 8.42 Å². The lowest BCUT2D eigenvalue weighted by Crippen LogP contribution is -2.21. The molecule has 0 bridgehead atoms. The fourth-order valence-corrected chi connectivity index (χ4v) is 2.87. The van der Waals surface area contributed by atoms with Gasteiger partial charge in [0.2, 0.25) is 0 Å². The van der Waals surface area contributed by atoms with E-state index < -0.39 is 15.2 Å². The molecule has 0 aliphatic carbocycles. The summed E-state index contributed by atoms with van der Waals surface area (Å²) in [5.41, 5.74) is 6.37. The first-order chi connectivity index (χ1) is 8.12. The van der Waals surface area contributed by atoms with Gasteiger partial charge in [-0.2, -0.15) is 0 Å². The first-order valence-electron chi connectivity index (χ1n) is 5.13. The minimum atomic E-state index is -3.53. The Bertz CT molecular complexity index is 579. The first kappa shape index (κ1) is 11.8. The molecule has 0 spiro atoms. The van der Waals surface area contributed by atoms with E-state index >= 15 is 0 Å². The van der Waals surface area contributed by atoms with Gasteiger partial charge in [0.1, 0.15) is 5.37 Å². The van der Waals surface area contributed by atoms with Crippen molar-refractivity contribution >= 4 is 9.84 Å². The van der Waals surface area contributed by atoms with Crippen molar-refractivity contribution < 1.29 is 8.42 Å². The molecule has 0 saturated carbocycles. The van der Waals surface area contributed by atoms with Crippen LogP contribution in [0, 0.1) is 6.07 Å². The van der Waals surface area contributed by atoms with Gasteiger partial charge < -0.3 is 5.73 Å². The van der Waals surface area contributed by atoms with Gasteiger partial charge in [0.15, 0.2) is 9.84 Å². The maximum Gasteiger partial charge on any atom is 0.198 e. The predicted octanol–water partition coefficient (Wildman–Crippen LogP) is 1.92. The zero-order valence-electron chi connectivity index (χ0n) is 9.08.